The summed E-state index contributed by atoms with van der Waals surface area (Å²) in [5.74, 6) is 0.609. The van der Waals surface area contributed by atoms with Crippen LogP contribution in [0.15, 0.2) is 6.20 Å². The number of methoxy groups -OCH3 is 1. The van der Waals surface area contributed by atoms with Crippen molar-refractivity contribution in [2.75, 3.05) is 13.7 Å². The molecule has 1 unspecified atom stereocenters. The first-order valence-corrected chi connectivity index (χ1v) is 5.40. The van der Waals surface area contributed by atoms with Crippen LogP contribution in [-0.2, 0) is 12.6 Å². The predicted molar refractivity (Wildman–Crippen MR) is 62.5 cm³/mol. The Morgan fingerprint density at radius 3 is 2.75 bits per heavy atom. The highest BCUT2D eigenvalue weighted by Crippen LogP contribution is 2.28. The molecule has 0 aliphatic carbocycles. The smallest absolute Gasteiger partial charge is 0.162 e. The molecular weight excluding hydrogens is 206 g/mol. The summed E-state index contributed by atoms with van der Waals surface area (Å²) in [4.78, 5) is 0. The van der Waals surface area contributed by atoms with Gasteiger partial charge in [-0.05, 0) is 6.92 Å². The highest BCUT2D eigenvalue weighted by atomic mass is 16.5. The van der Waals surface area contributed by atoms with Crippen molar-refractivity contribution in [1.29, 1.82) is 0 Å². The van der Waals surface area contributed by atoms with Gasteiger partial charge in [-0.3, -0.25) is 4.68 Å². The lowest BCUT2D eigenvalue weighted by Gasteiger charge is -2.26. The molecule has 0 bridgehead atoms. The van der Waals surface area contributed by atoms with E-state index < -0.39 is 5.60 Å². The second kappa shape index (κ2) is 4.84. The summed E-state index contributed by atoms with van der Waals surface area (Å²) < 4.78 is 6.83. The van der Waals surface area contributed by atoms with Crippen LogP contribution >= 0.6 is 0 Å². The van der Waals surface area contributed by atoms with E-state index in [1.54, 1.807) is 32.0 Å². The topological polar surface area (TPSA) is 59.3 Å². The summed E-state index contributed by atoms with van der Waals surface area (Å²) in [6.45, 7) is 6.29. The van der Waals surface area contributed by atoms with E-state index >= 15 is 0 Å². The van der Waals surface area contributed by atoms with Gasteiger partial charge in [0.1, 0.15) is 11.3 Å². The van der Waals surface area contributed by atoms with Crippen LogP contribution in [0.3, 0.4) is 0 Å². The van der Waals surface area contributed by atoms with Crippen LogP contribution in [0, 0.1) is 0 Å². The molecule has 1 aromatic heterocycles. The number of hydrogen-bond acceptors (Lipinski definition) is 4. The molecule has 5 heteroatoms. The SMILES string of the molecule is COc1cnn(C)c1C(C)(O)CNC(C)C. The van der Waals surface area contributed by atoms with Crippen LogP contribution < -0.4 is 10.1 Å². The van der Waals surface area contributed by atoms with Gasteiger partial charge in [-0.2, -0.15) is 5.10 Å². The van der Waals surface area contributed by atoms with Crippen LogP contribution in [0.4, 0.5) is 0 Å². The van der Waals surface area contributed by atoms with E-state index in [1.807, 2.05) is 13.8 Å². The molecule has 0 amide bonds. The van der Waals surface area contributed by atoms with E-state index in [0.29, 0.717) is 24.0 Å². The first-order valence-electron chi connectivity index (χ1n) is 5.40. The average Bonchev–Trinajstić information content (AvgIpc) is 2.57. The van der Waals surface area contributed by atoms with Crippen molar-refractivity contribution in [3.8, 4) is 5.75 Å². The van der Waals surface area contributed by atoms with Gasteiger partial charge in [-0.1, -0.05) is 13.8 Å². The van der Waals surface area contributed by atoms with Crippen molar-refractivity contribution in [2.24, 2.45) is 7.05 Å². The Balaban J connectivity index is 2.91. The summed E-state index contributed by atoms with van der Waals surface area (Å²) in [5.41, 5.74) is -0.316. The fraction of sp³-hybridized carbons (Fsp3) is 0.727. The molecule has 2 N–H and O–H groups in total. The van der Waals surface area contributed by atoms with Gasteiger partial charge in [0.2, 0.25) is 0 Å². The summed E-state index contributed by atoms with van der Waals surface area (Å²) in [5, 5.41) is 17.7. The quantitative estimate of drug-likeness (QED) is 0.775. The van der Waals surface area contributed by atoms with Gasteiger partial charge in [0.15, 0.2) is 5.75 Å². The number of nitrogens with zero attached hydrogens (tertiary/aromatic N) is 2. The summed E-state index contributed by atoms with van der Waals surface area (Å²) in [7, 11) is 3.37. The molecule has 1 aromatic rings. The summed E-state index contributed by atoms with van der Waals surface area (Å²) in [6, 6.07) is 0.325. The lowest BCUT2D eigenvalue weighted by atomic mass is 10.0. The second-order valence-electron chi connectivity index (χ2n) is 4.49. The van der Waals surface area contributed by atoms with Crippen molar-refractivity contribution in [3.05, 3.63) is 11.9 Å². The largest absolute Gasteiger partial charge is 0.493 e. The first-order chi connectivity index (χ1) is 7.38. The minimum atomic E-state index is -0.999. The molecule has 92 valence electrons. The third-order valence-electron chi connectivity index (χ3n) is 2.49. The van der Waals surface area contributed by atoms with Gasteiger partial charge in [-0.25, -0.2) is 0 Å². The van der Waals surface area contributed by atoms with Crippen molar-refractivity contribution in [2.45, 2.75) is 32.4 Å². The van der Waals surface area contributed by atoms with Gasteiger partial charge in [0.05, 0.1) is 13.3 Å². The van der Waals surface area contributed by atoms with Gasteiger partial charge in [-0.15, -0.1) is 0 Å². The Hall–Kier alpha value is -1.07. The molecule has 16 heavy (non-hydrogen) atoms. The van der Waals surface area contributed by atoms with Crippen molar-refractivity contribution in [1.82, 2.24) is 15.1 Å². The number of hydrogen-bond donors (Lipinski definition) is 2. The molecular formula is C11H21N3O2. The molecule has 0 aromatic carbocycles. The maximum Gasteiger partial charge on any atom is 0.162 e. The average molecular weight is 227 g/mol. The minimum absolute atomic E-state index is 0.325. The number of aliphatic hydroxyl groups is 1. The van der Waals surface area contributed by atoms with Crippen molar-refractivity contribution >= 4 is 0 Å². The maximum atomic E-state index is 10.4. The zero-order chi connectivity index (χ0) is 12.3. The zero-order valence-corrected chi connectivity index (χ0v) is 10.6. The van der Waals surface area contributed by atoms with Gasteiger partial charge >= 0.3 is 0 Å². The molecule has 0 aliphatic heterocycles. The van der Waals surface area contributed by atoms with E-state index in [0.717, 1.165) is 0 Å². The number of aromatic nitrogens is 2. The number of aryl methyl sites for hydroxylation is 1. The molecule has 1 rings (SSSR count). The lowest BCUT2D eigenvalue weighted by Crippen LogP contribution is -2.40. The second-order valence-corrected chi connectivity index (χ2v) is 4.49. The highest BCUT2D eigenvalue weighted by molar-refractivity contribution is 5.30. The van der Waals surface area contributed by atoms with E-state index in [4.69, 9.17) is 4.74 Å². The Morgan fingerprint density at radius 2 is 2.25 bits per heavy atom. The fourth-order valence-corrected chi connectivity index (χ4v) is 1.67. The third kappa shape index (κ3) is 2.74. The predicted octanol–water partition coefficient (Wildman–Crippen LogP) is 0.634. The van der Waals surface area contributed by atoms with Crippen LogP contribution in [0.2, 0.25) is 0 Å². The lowest BCUT2D eigenvalue weighted by molar-refractivity contribution is 0.0440. The Kier molecular flexibility index (Phi) is 3.93. The normalized spacial score (nSPS) is 15.2. The molecule has 0 saturated heterocycles. The number of rotatable bonds is 5. The Morgan fingerprint density at radius 1 is 1.62 bits per heavy atom. The molecule has 0 fully saturated rings. The van der Waals surface area contributed by atoms with Crippen LogP contribution in [-0.4, -0.2) is 34.6 Å². The van der Waals surface area contributed by atoms with Gasteiger partial charge in [0, 0.05) is 19.6 Å². The summed E-state index contributed by atoms with van der Waals surface area (Å²) in [6.07, 6.45) is 1.61. The van der Waals surface area contributed by atoms with Gasteiger partial charge in [0.25, 0.3) is 0 Å². The van der Waals surface area contributed by atoms with E-state index in [2.05, 4.69) is 10.4 Å². The third-order valence-corrected chi connectivity index (χ3v) is 2.49. The number of nitrogens with one attached hydrogen (secondary N) is 1. The summed E-state index contributed by atoms with van der Waals surface area (Å²) >= 11 is 0. The van der Waals surface area contributed by atoms with Gasteiger partial charge < -0.3 is 15.2 Å². The van der Waals surface area contributed by atoms with Crippen LogP contribution in [0.25, 0.3) is 0 Å². The highest BCUT2D eigenvalue weighted by Gasteiger charge is 2.30. The molecule has 0 spiro atoms. The van der Waals surface area contributed by atoms with E-state index in [1.165, 1.54) is 0 Å². The molecule has 5 nitrogen and oxygen atoms in total. The standard InChI is InChI=1S/C11H21N3O2/c1-8(2)12-7-11(3,15)10-9(16-5)6-13-14(10)4/h6,8,12,15H,7H2,1-5H3. The van der Waals surface area contributed by atoms with E-state index in [-0.39, 0.29) is 0 Å². The Labute approximate surface area is 96.4 Å². The number of ether oxygens (including phenoxy) is 1. The van der Waals surface area contributed by atoms with E-state index in [9.17, 15) is 5.11 Å². The monoisotopic (exact) mass is 227 g/mol. The maximum absolute atomic E-state index is 10.4. The van der Waals surface area contributed by atoms with Crippen LogP contribution in [0.1, 0.15) is 26.5 Å². The minimum Gasteiger partial charge on any atom is -0.493 e. The van der Waals surface area contributed by atoms with Crippen LogP contribution in [0.5, 0.6) is 5.75 Å². The van der Waals surface area contributed by atoms with Crippen molar-refractivity contribution in [3.63, 3.8) is 0 Å². The first kappa shape index (κ1) is 13.0. The molecule has 0 saturated carbocycles. The fourth-order valence-electron chi connectivity index (χ4n) is 1.67. The van der Waals surface area contributed by atoms with Crippen molar-refractivity contribution < 1.29 is 9.84 Å². The molecule has 1 heterocycles. The molecule has 0 aliphatic rings. The molecule has 0 radical (unpaired) electrons. The molecule has 1 atom stereocenters. The zero-order valence-electron chi connectivity index (χ0n) is 10.6. The Bertz CT molecular complexity index is 345.